The molecule has 14 heavy (non-hydrogen) atoms. The van der Waals surface area contributed by atoms with E-state index in [-0.39, 0.29) is 0 Å². The van der Waals surface area contributed by atoms with Gasteiger partial charge >= 0.3 is 0 Å². The Morgan fingerprint density at radius 3 is 2.64 bits per heavy atom. The number of aryl methyl sites for hydroxylation is 1. The number of rotatable bonds is 1. The van der Waals surface area contributed by atoms with Crippen molar-refractivity contribution in [2.75, 3.05) is 19.6 Å². The molecule has 1 atom stereocenters. The molecule has 0 radical (unpaired) electrons. The van der Waals surface area contributed by atoms with Crippen molar-refractivity contribution in [3.63, 3.8) is 0 Å². The highest BCUT2D eigenvalue weighted by atomic mass is 15.4. The third kappa shape index (κ3) is 1.17. The van der Waals surface area contributed by atoms with Crippen molar-refractivity contribution in [3.05, 3.63) is 11.9 Å². The molecule has 3 aliphatic heterocycles. The summed E-state index contributed by atoms with van der Waals surface area (Å²) in [5, 5.41) is 8.17. The van der Waals surface area contributed by atoms with Gasteiger partial charge < -0.3 is 4.90 Å². The molecule has 0 aliphatic carbocycles. The Morgan fingerprint density at radius 2 is 2.14 bits per heavy atom. The Balaban J connectivity index is 1.89. The van der Waals surface area contributed by atoms with E-state index in [1.54, 1.807) is 0 Å². The largest absolute Gasteiger partial charge is 0.301 e. The van der Waals surface area contributed by atoms with Crippen molar-refractivity contribution in [1.82, 2.24) is 19.9 Å². The first-order chi connectivity index (χ1) is 6.84. The number of piperidine rings is 3. The SMILES string of the molecule is Cc1cnnn1C1CN2CCC1CC2. The minimum Gasteiger partial charge on any atom is -0.301 e. The van der Waals surface area contributed by atoms with Crippen LogP contribution in [0.4, 0.5) is 0 Å². The summed E-state index contributed by atoms with van der Waals surface area (Å²) >= 11 is 0. The molecule has 4 rings (SSSR count). The third-order valence-electron chi connectivity index (χ3n) is 3.69. The van der Waals surface area contributed by atoms with Gasteiger partial charge in [-0.3, -0.25) is 0 Å². The first-order valence-corrected chi connectivity index (χ1v) is 5.44. The van der Waals surface area contributed by atoms with Crippen molar-refractivity contribution in [2.45, 2.75) is 25.8 Å². The summed E-state index contributed by atoms with van der Waals surface area (Å²) in [6, 6.07) is 0.583. The molecular weight excluding hydrogens is 176 g/mol. The maximum atomic E-state index is 4.20. The third-order valence-corrected chi connectivity index (χ3v) is 3.69. The van der Waals surface area contributed by atoms with E-state index in [9.17, 15) is 0 Å². The van der Waals surface area contributed by atoms with Crippen LogP contribution in [-0.4, -0.2) is 39.5 Å². The van der Waals surface area contributed by atoms with E-state index in [0.29, 0.717) is 6.04 Å². The lowest BCUT2D eigenvalue weighted by Crippen LogP contribution is -2.48. The van der Waals surface area contributed by atoms with E-state index in [2.05, 4.69) is 26.8 Å². The monoisotopic (exact) mass is 192 g/mol. The van der Waals surface area contributed by atoms with Crippen molar-refractivity contribution in [2.24, 2.45) is 5.92 Å². The second-order valence-corrected chi connectivity index (χ2v) is 4.53. The minimum atomic E-state index is 0.583. The second kappa shape index (κ2) is 3.05. The zero-order chi connectivity index (χ0) is 9.54. The lowest BCUT2D eigenvalue weighted by atomic mass is 9.84. The fourth-order valence-electron chi connectivity index (χ4n) is 2.83. The van der Waals surface area contributed by atoms with Crippen molar-refractivity contribution in [1.29, 1.82) is 0 Å². The maximum absolute atomic E-state index is 4.20. The van der Waals surface area contributed by atoms with E-state index in [4.69, 9.17) is 0 Å². The average Bonchev–Trinajstić information content (AvgIpc) is 2.66. The Hall–Kier alpha value is -0.900. The number of hydrogen-bond donors (Lipinski definition) is 0. The predicted molar refractivity (Wildman–Crippen MR) is 53.0 cm³/mol. The van der Waals surface area contributed by atoms with Gasteiger partial charge in [0.1, 0.15) is 0 Å². The molecule has 3 aliphatic rings. The van der Waals surface area contributed by atoms with Crippen LogP contribution in [0.3, 0.4) is 0 Å². The predicted octanol–water partition coefficient (Wildman–Crippen LogP) is 0.853. The Labute approximate surface area is 83.9 Å². The summed E-state index contributed by atoms with van der Waals surface area (Å²) in [5.74, 6) is 0.834. The van der Waals surface area contributed by atoms with Crippen LogP contribution in [0.2, 0.25) is 0 Å². The van der Waals surface area contributed by atoms with E-state index in [1.165, 1.54) is 38.2 Å². The highest BCUT2D eigenvalue weighted by molar-refractivity contribution is 4.97. The molecule has 0 amide bonds. The Bertz CT molecular complexity index is 325. The van der Waals surface area contributed by atoms with Gasteiger partial charge in [-0.1, -0.05) is 5.21 Å². The molecule has 0 N–H and O–H groups in total. The standard InChI is InChI=1S/C10H16N4/c1-8-6-11-12-14(8)10-7-13-4-2-9(10)3-5-13/h6,9-10H,2-5,7H2,1H3. The van der Waals surface area contributed by atoms with E-state index in [1.807, 2.05) is 6.20 Å². The molecule has 1 aromatic heterocycles. The zero-order valence-electron chi connectivity index (χ0n) is 8.56. The van der Waals surface area contributed by atoms with Gasteiger partial charge in [-0.05, 0) is 38.8 Å². The molecule has 4 heteroatoms. The summed E-state index contributed by atoms with van der Waals surface area (Å²) < 4.78 is 2.12. The molecule has 0 aromatic carbocycles. The maximum Gasteiger partial charge on any atom is 0.0722 e. The first-order valence-electron chi connectivity index (χ1n) is 5.44. The second-order valence-electron chi connectivity index (χ2n) is 4.53. The summed E-state index contributed by atoms with van der Waals surface area (Å²) in [4.78, 5) is 2.55. The Morgan fingerprint density at radius 1 is 1.36 bits per heavy atom. The summed E-state index contributed by atoms with van der Waals surface area (Å²) in [6.07, 6.45) is 4.53. The molecule has 3 saturated heterocycles. The average molecular weight is 192 g/mol. The topological polar surface area (TPSA) is 34.0 Å². The molecule has 0 saturated carbocycles. The lowest BCUT2D eigenvalue weighted by molar-refractivity contribution is 0.0494. The van der Waals surface area contributed by atoms with Gasteiger partial charge in [0, 0.05) is 6.54 Å². The molecule has 4 heterocycles. The molecule has 1 unspecified atom stereocenters. The van der Waals surface area contributed by atoms with E-state index in [0.717, 1.165) is 5.92 Å². The van der Waals surface area contributed by atoms with Crippen LogP contribution in [0.5, 0.6) is 0 Å². The quantitative estimate of drug-likeness (QED) is 0.661. The molecule has 76 valence electrons. The van der Waals surface area contributed by atoms with Crippen LogP contribution >= 0.6 is 0 Å². The molecule has 0 spiro atoms. The molecule has 2 bridgehead atoms. The van der Waals surface area contributed by atoms with Crippen molar-refractivity contribution < 1.29 is 0 Å². The van der Waals surface area contributed by atoms with Gasteiger partial charge in [0.25, 0.3) is 0 Å². The molecule has 1 aromatic rings. The zero-order valence-corrected chi connectivity index (χ0v) is 8.56. The fourth-order valence-corrected chi connectivity index (χ4v) is 2.83. The van der Waals surface area contributed by atoms with Crippen LogP contribution in [-0.2, 0) is 0 Å². The van der Waals surface area contributed by atoms with Crippen LogP contribution in [0.25, 0.3) is 0 Å². The van der Waals surface area contributed by atoms with Gasteiger partial charge in [-0.2, -0.15) is 0 Å². The smallest absolute Gasteiger partial charge is 0.0722 e. The number of fused-ring (bicyclic) bond motifs is 3. The van der Waals surface area contributed by atoms with E-state index >= 15 is 0 Å². The van der Waals surface area contributed by atoms with Crippen LogP contribution < -0.4 is 0 Å². The number of hydrogen-bond acceptors (Lipinski definition) is 3. The van der Waals surface area contributed by atoms with Crippen LogP contribution in [0.15, 0.2) is 6.20 Å². The van der Waals surface area contributed by atoms with Gasteiger partial charge in [-0.15, -0.1) is 5.10 Å². The molecular formula is C10H16N4. The van der Waals surface area contributed by atoms with Gasteiger partial charge in [-0.25, -0.2) is 4.68 Å². The lowest BCUT2D eigenvalue weighted by Gasteiger charge is -2.44. The number of aromatic nitrogens is 3. The normalized spacial score (nSPS) is 36.2. The molecule has 4 nitrogen and oxygen atoms in total. The fraction of sp³-hybridized carbons (Fsp3) is 0.800. The van der Waals surface area contributed by atoms with Crippen molar-refractivity contribution >= 4 is 0 Å². The summed E-state index contributed by atoms with van der Waals surface area (Å²) in [6.45, 7) is 5.84. The Kier molecular flexibility index (Phi) is 1.83. The summed E-state index contributed by atoms with van der Waals surface area (Å²) in [5.41, 5.74) is 1.20. The minimum absolute atomic E-state index is 0.583. The van der Waals surface area contributed by atoms with E-state index < -0.39 is 0 Å². The van der Waals surface area contributed by atoms with Crippen LogP contribution in [0.1, 0.15) is 24.6 Å². The number of nitrogens with zero attached hydrogens (tertiary/aromatic N) is 4. The van der Waals surface area contributed by atoms with Gasteiger partial charge in [0.05, 0.1) is 17.9 Å². The van der Waals surface area contributed by atoms with Gasteiger partial charge in [0.2, 0.25) is 0 Å². The highest BCUT2D eigenvalue weighted by Crippen LogP contribution is 2.35. The van der Waals surface area contributed by atoms with Crippen LogP contribution in [0, 0.1) is 12.8 Å². The van der Waals surface area contributed by atoms with Crippen molar-refractivity contribution in [3.8, 4) is 0 Å². The first kappa shape index (κ1) is 8.41. The summed E-state index contributed by atoms with van der Waals surface area (Å²) in [7, 11) is 0. The highest BCUT2D eigenvalue weighted by Gasteiger charge is 2.36. The van der Waals surface area contributed by atoms with Gasteiger partial charge in [0.15, 0.2) is 0 Å². The molecule has 3 fully saturated rings.